The maximum absolute atomic E-state index is 13.5. The summed E-state index contributed by atoms with van der Waals surface area (Å²) in [6, 6.07) is 18.0. The molecule has 1 N–H and O–H groups in total. The van der Waals surface area contributed by atoms with Gasteiger partial charge in [0.25, 0.3) is 11.7 Å². The quantitative estimate of drug-likeness (QED) is 0.202. The predicted octanol–water partition coefficient (Wildman–Crippen LogP) is 5.76. The zero-order chi connectivity index (χ0) is 28.1. The lowest BCUT2D eigenvalue weighted by Gasteiger charge is -2.26. The number of methoxy groups -OCH3 is 2. The number of nitrogens with zero attached hydrogens (tertiary/aromatic N) is 1. The van der Waals surface area contributed by atoms with Crippen LogP contribution in [0.1, 0.15) is 37.9 Å². The second-order valence-electron chi connectivity index (χ2n) is 9.45. The number of ketones is 1. The minimum absolute atomic E-state index is 0.0463. The number of carbonyl (C=O) groups is 2. The molecule has 3 aromatic rings. The fraction of sp³-hybridized carbons (Fsp3) is 0.290. The van der Waals surface area contributed by atoms with E-state index in [1.54, 1.807) is 66.7 Å². The average molecular weight is 532 g/mol. The van der Waals surface area contributed by atoms with Crippen LogP contribution in [0.15, 0.2) is 72.3 Å². The Balaban J connectivity index is 1.90. The Kier molecular flexibility index (Phi) is 8.44. The smallest absolute Gasteiger partial charge is 0.300 e. The number of ether oxygens (including phenoxy) is 4. The molecule has 4 rings (SSSR count). The van der Waals surface area contributed by atoms with Gasteiger partial charge >= 0.3 is 0 Å². The first-order chi connectivity index (χ1) is 18.8. The molecule has 0 spiro atoms. The maximum atomic E-state index is 13.5. The van der Waals surface area contributed by atoms with Crippen molar-refractivity contribution < 1.29 is 33.6 Å². The SMILES string of the molecule is CCOc1cccc(N2C(=O)C(=O)/C(=C(\O)c3cccc(OCC(C)C)c3)C2c2ccc(OC)c(OC)c2)c1. The Morgan fingerprint density at radius 3 is 2.26 bits per heavy atom. The van der Waals surface area contributed by atoms with E-state index in [4.69, 9.17) is 18.9 Å². The summed E-state index contributed by atoms with van der Waals surface area (Å²) in [5.74, 6) is 0.461. The van der Waals surface area contributed by atoms with Gasteiger partial charge in [0.15, 0.2) is 11.5 Å². The Hall–Kier alpha value is -4.46. The van der Waals surface area contributed by atoms with Gasteiger partial charge < -0.3 is 24.1 Å². The number of anilines is 1. The summed E-state index contributed by atoms with van der Waals surface area (Å²) in [6.45, 7) is 6.87. The third-order valence-electron chi connectivity index (χ3n) is 6.27. The van der Waals surface area contributed by atoms with Crippen molar-refractivity contribution in [2.45, 2.75) is 26.8 Å². The number of benzene rings is 3. The van der Waals surface area contributed by atoms with Gasteiger partial charge in [-0.1, -0.05) is 38.1 Å². The molecule has 1 unspecified atom stereocenters. The number of carbonyl (C=O) groups excluding carboxylic acids is 2. The van der Waals surface area contributed by atoms with Gasteiger partial charge in [0.05, 0.1) is 39.0 Å². The van der Waals surface area contributed by atoms with Crippen molar-refractivity contribution in [2.24, 2.45) is 5.92 Å². The number of aliphatic hydroxyl groups is 1. The van der Waals surface area contributed by atoms with E-state index in [2.05, 4.69) is 0 Å². The van der Waals surface area contributed by atoms with Crippen LogP contribution < -0.4 is 23.8 Å². The standard InChI is InChI=1S/C31H33NO7/c1-6-38-24-12-8-10-22(17-24)32-28(20-13-14-25(36-4)26(16-20)37-5)27(30(34)31(32)35)29(33)21-9-7-11-23(15-21)39-18-19(2)3/h7-17,19,28,33H,6,18H2,1-5H3/b29-27-. The van der Waals surface area contributed by atoms with Crippen molar-refractivity contribution in [1.29, 1.82) is 0 Å². The molecule has 0 aliphatic carbocycles. The molecule has 1 saturated heterocycles. The highest BCUT2D eigenvalue weighted by Gasteiger charge is 2.47. The summed E-state index contributed by atoms with van der Waals surface area (Å²) in [5.41, 5.74) is 1.33. The number of aliphatic hydroxyl groups excluding tert-OH is 1. The molecule has 1 aliphatic rings. The molecular formula is C31H33NO7. The Bertz CT molecular complexity index is 1400. The minimum atomic E-state index is -0.943. The first-order valence-electron chi connectivity index (χ1n) is 12.8. The van der Waals surface area contributed by atoms with Crippen LogP contribution in [-0.2, 0) is 9.59 Å². The van der Waals surface area contributed by atoms with Crippen molar-refractivity contribution in [3.63, 3.8) is 0 Å². The highest BCUT2D eigenvalue weighted by atomic mass is 16.5. The number of rotatable bonds is 10. The van der Waals surface area contributed by atoms with Crippen LogP contribution in [-0.4, -0.2) is 44.2 Å². The summed E-state index contributed by atoms with van der Waals surface area (Å²) in [7, 11) is 3.03. The van der Waals surface area contributed by atoms with Gasteiger partial charge in [-0.15, -0.1) is 0 Å². The lowest BCUT2D eigenvalue weighted by atomic mass is 9.94. The molecule has 0 saturated carbocycles. The largest absolute Gasteiger partial charge is 0.507 e. The molecule has 8 heteroatoms. The Morgan fingerprint density at radius 2 is 1.59 bits per heavy atom. The molecule has 1 amide bonds. The van der Waals surface area contributed by atoms with Gasteiger partial charge in [0, 0.05) is 17.3 Å². The van der Waals surface area contributed by atoms with Crippen LogP contribution in [0, 0.1) is 5.92 Å². The lowest BCUT2D eigenvalue weighted by molar-refractivity contribution is -0.132. The first kappa shape index (κ1) is 27.6. The van der Waals surface area contributed by atoms with Crippen LogP contribution in [0.4, 0.5) is 5.69 Å². The molecule has 0 aromatic heterocycles. The van der Waals surface area contributed by atoms with E-state index in [0.717, 1.165) is 0 Å². The van der Waals surface area contributed by atoms with Gasteiger partial charge in [-0.25, -0.2) is 0 Å². The van der Waals surface area contributed by atoms with Gasteiger partial charge in [0.2, 0.25) is 0 Å². The molecule has 39 heavy (non-hydrogen) atoms. The van der Waals surface area contributed by atoms with Crippen molar-refractivity contribution >= 4 is 23.1 Å². The maximum Gasteiger partial charge on any atom is 0.300 e. The van der Waals surface area contributed by atoms with Crippen LogP contribution in [0.25, 0.3) is 5.76 Å². The van der Waals surface area contributed by atoms with Crippen LogP contribution in [0.5, 0.6) is 23.0 Å². The van der Waals surface area contributed by atoms with E-state index in [0.29, 0.717) is 58.9 Å². The molecule has 3 aromatic carbocycles. The summed E-state index contributed by atoms with van der Waals surface area (Å²) in [4.78, 5) is 28.5. The fourth-order valence-electron chi connectivity index (χ4n) is 4.48. The molecule has 0 bridgehead atoms. The Labute approximate surface area is 228 Å². The topological polar surface area (TPSA) is 94.5 Å². The van der Waals surface area contributed by atoms with E-state index in [9.17, 15) is 14.7 Å². The summed E-state index contributed by atoms with van der Waals surface area (Å²) < 4.78 is 22.3. The zero-order valence-corrected chi connectivity index (χ0v) is 22.8. The molecule has 0 radical (unpaired) electrons. The highest BCUT2D eigenvalue weighted by molar-refractivity contribution is 6.51. The van der Waals surface area contributed by atoms with Gasteiger partial charge in [-0.05, 0) is 54.8 Å². The van der Waals surface area contributed by atoms with Crippen LogP contribution in [0.3, 0.4) is 0 Å². The average Bonchev–Trinajstić information content (AvgIpc) is 3.21. The van der Waals surface area contributed by atoms with Crippen molar-refractivity contribution in [3.05, 3.63) is 83.4 Å². The van der Waals surface area contributed by atoms with Gasteiger partial charge in [-0.3, -0.25) is 14.5 Å². The Morgan fingerprint density at radius 1 is 0.897 bits per heavy atom. The van der Waals surface area contributed by atoms with Crippen molar-refractivity contribution in [2.75, 3.05) is 32.3 Å². The summed E-state index contributed by atoms with van der Waals surface area (Å²) in [6.07, 6.45) is 0. The summed E-state index contributed by atoms with van der Waals surface area (Å²) >= 11 is 0. The van der Waals surface area contributed by atoms with E-state index in [1.165, 1.54) is 19.1 Å². The monoisotopic (exact) mass is 531 g/mol. The van der Waals surface area contributed by atoms with Gasteiger partial charge in [-0.2, -0.15) is 0 Å². The van der Waals surface area contributed by atoms with E-state index >= 15 is 0 Å². The molecule has 1 atom stereocenters. The second-order valence-corrected chi connectivity index (χ2v) is 9.45. The molecule has 1 fully saturated rings. The highest BCUT2D eigenvalue weighted by Crippen LogP contribution is 2.44. The zero-order valence-electron chi connectivity index (χ0n) is 22.8. The molecule has 1 heterocycles. The third kappa shape index (κ3) is 5.70. The van der Waals surface area contributed by atoms with Crippen molar-refractivity contribution in [1.82, 2.24) is 0 Å². The van der Waals surface area contributed by atoms with Crippen molar-refractivity contribution in [3.8, 4) is 23.0 Å². The number of Topliss-reactive ketones (excluding diaryl/α,β-unsaturated/α-hetero) is 1. The van der Waals surface area contributed by atoms with E-state index in [-0.39, 0.29) is 11.3 Å². The third-order valence-corrected chi connectivity index (χ3v) is 6.27. The minimum Gasteiger partial charge on any atom is -0.507 e. The van der Waals surface area contributed by atoms with Crippen LogP contribution in [0.2, 0.25) is 0 Å². The second kappa shape index (κ2) is 11.9. The molecule has 204 valence electrons. The first-order valence-corrected chi connectivity index (χ1v) is 12.8. The number of hydrogen-bond donors (Lipinski definition) is 1. The fourth-order valence-corrected chi connectivity index (χ4v) is 4.48. The number of hydrogen-bond acceptors (Lipinski definition) is 7. The normalized spacial score (nSPS) is 16.5. The van der Waals surface area contributed by atoms with Gasteiger partial charge in [0.1, 0.15) is 17.3 Å². The predicted molar refractivity (Wildman–Crippen MR) is 149 cm³/mol. The van der Waals surface area contributed by atoms with Crippen LogP contribution >= 0.6 is 0 Å². The summed E-state index contributed by atoms with van der Waals surface area (Å²) in [5, 5.41) is 11.5. The molecular weight excluding hydrogens is 498 g/mol. The molecule has 8 nitrogen and oxygen atoms in total. The number of amides is 1. The lowest BCUT2D eigenvalue weighted by Crippen LogP contribution is -2.29. The van der Waals surface area contributed by atoms with E-state index in [1.807, 2.05) is 20.8 Å². The molecule has 1 aliphatic heterocycles. The van der Waals surface area contributed by atoms with E-state index < -0.39 is 17.7 Å².